The zero-order valence-electron chi connectivity index (χ0n) is 15.4. The van der Waals surface area contributed by atoms with Crippen LogP contribution in [0.2, 0.25) is 0 Å². The van der Waals surface area contributed by atoms with E-state index < -0.39 is 30.2 Å². The molecule has 2 aromatic heterocycles. The van der Waals surface area contributed by atoms with E-state index in [1.807, 2.05) is 0 Å². The van der Waals surface area contributed by atoms with Crippen LogP contribution in [0.3, 0.4) is 0 Å². The van der Waals surface area contributed by atoms with E-state index in [1.165, 1.54) is 22.7 Å². The zero-order chi connectivity index (χ0) is 20.0. The molecule has 9 heteroatoms. The van der Waals surface area contributed by atoms with Crippen LogP contribution in [0.25, 0.3) is 0 Å². The van der Waals surface area contributed by atoms with Gasteiger partial charge in [-0.25, -0.2) is 9.59 Å². The summed E-state index contributed by atoms with van der Waals surface area (Å²) >= 11 is 2.52. The maximum Gasteiger partial charge on any atom is 0.440 e. The zero-order valence-corrected chi connectivity index (χ0v) is 17.0. The van der Waals surface area contributed by atoms with E-state index in [0.29, 0.717) is 14.8 Å². The quantitative estimate of drug-likeness (QED) is 0.390. The van der Waals surface area contributed by atoms with Crippen LogP contribution < -0.4 is 0 Å². The van der Waals surface area contributed by atoms with Crippen LogP contribution in [0.1, 0.15) is 42.2 Å². The van der Waals surface area contributed by atoms with Crippen LogP contribution in [-0.2, 0) is 9.47 Å². The molecular weight excluding hydrogens is 388 g/mol. The monoisotopic (exact) mass is 408 g/mol. The summed E-state index contributed by atoms with van der Waals surface area (Å²) in [5.41, 5.74) is -0.0335. The summed E-state index contributed by atoms with van der Waals surface area (Å²) in [7, 11) is 0. The number of Topliss-reactive ketones (excluding diaryl/α,β-unsaturated/α-hetero) is 1. The summed E-state index contributed by atoms with van der Waals surface area (Å²) in [5.74, 6) is -0.396. The van der Waals surface area contributed by atoms with Crippen molar-refractivity contribution in [3.05, 3.63) is 44.8 Å². The molecule has 0 aliphatic rings. The molecule has 0 aliphatic heterocycles. The summed E-state index contributed by atoms with van der Waals surface area (Å²) in [6, 6.07) is 6.83. The average Bonchev–Trinajstić information content (AvgIpc) is 3.27. The van der Waals surface area contributed by atoms with Crippen molar-refractivity contribution >= 4 is 46.4 Å². The fraction of sp³-hybridized carbons (Fsp3) is 0.333. The lowest BCUT2D eigenvalue weighted by Crippen LogP contribution is -2.37. The van der Waals surface area contributed by atoms with Crippen molar-refractivity contribution in [1.29, 1.82) is 0 Å². The Hall–Kier alpha value is -2.52. The molecule has 0 aromatic carbocycles. The van der Waals surface area contributed by atoms with E-state index in [4.69, 9.17) is 9.47 Å². The second-order valence-electron chi connectivity index (χ2n) is 5.91. The largest absolute Gasteiger partial charge is 0.445 e. The molecule has 0 atom stereocenters. The minimum absolute atomic E-state index is 0.0335. The molecule has 0 aliphatic carbocycles. The summed E-state index contributed by atoms with van der Waals surface area (Å²) in [6.45, 7) is 6.57. The first kappa shape index (κ1) is 20.8. The number of ether oxygens (including phenoxy) is 2. The van der Waals surface area contributed by atoms with Gasteiger partial charge < -0.3 is 9.47 Å². The fourth-order valence-corrected chi connectivity index (χ4v) is 3.27. The van der Waals surface area contributed by atoms with E-state index in [1.54, 1.807) is 62.7 Å². The van der Waals surface area contributed by atoms with Crippen molar-refractivity contribution in [2.45, 2.75) is 39.9 Å². The molecule has 0 unspecified atom stereocenters. The number of ketones is 1. The van der Waals surface area contributed by atoms with Crippen molar-refractivity contribution in [2.24, 2.45) is 5.10 Å². The van der Waals surface area contributed by atoms with Gasteiger partial charge in [-0.05, 0) is 50.6 Å². The third kappa shape index (κ3) is 5.73. The molecule has 2 rings (SSSR count). The summed E-state index contributed by atoms with van der Waals surface area (Å²) in [6.07, 6.45) is -2.96. The SMILES string of the molecule is CC(C)OC(=O)N(/N=C(\C(=O)c1cccs1)c1cccs1)C(=O)OC(C)C. The molecule has 0 N–H and O–H groups in total. The van der Waals surface area contributed by atoms with Crippen LogP contribution in [0.5, 0.6) is 0 Å². The van der Waals surface area contributed by atoms with Crippen LogP contribution >= 0.6 is 22.7 Å². The Kier molecular flexibility index (Phi) is 7.26. The van der Waals surface area contributed by atoms with Gasteiger partial charge in [-0.15, -0.1) is 22.7 Å². The molecule has 27 heavy (non-hydrogen) atoms. The number of rotatable bonds is 6. The van der Waals surface area contributed by atoms with Crippen LogP contribution in [-0.4, -0.2) is 40.9 Å². The predicted molar refractivity (Wildman–Crippen MR) is 105 cm³/mol. The van der Waals surface area contributed by atoms with E-state index in [0.717, 1.165) is 0 Å². The normalized spacial score (nSPS) is 11.6. The molecule has 0 radical (unpaired) electrons. The Morgan fingerprint density at radius 3 is 1.78 bits per heavy atom. The maximum atomic E-state index is 12.9. The minimum atomic E-state index is -1.01. The number of imide groups is 1. The Bertz CT molecular complexity index is 789. The summed E-state index contributed by atoms with van der Waals surface area (Å²) < 4.78 is 10.2. The molecular formula is C18H20N2O5S2. The number of hydrogen-bond acceptors (Lipinski definition) is 8. The Labute approximate surface area is 165 Å². The first-order chi connectivity index (χ1) is 12.8. The second kappa shape index (κ2) is 9.43. The average molecular weight is 409 g/mol. The topological polar surface area (TPSA) is 85.3 Å². The van der Waals surface area contributed by atoms with Crippen LogP contribution in [0, 0.1) is 0 Å². The Balaban J connectivity index is 2.47. The number of amides is 2. The molecule has 2 aromatic rings. The lowest BCUT2D eigenvalue weighted by Gasteiger charge is -2.19. The highest BCUT2D eigenvalue weighted by Gasteiger charge is 2.29. The van der Waals surface area contributed by atoms with Crippen molar-refractivity contribution in [3.8, 4) is 0 Å². The van der Waals surface area contributed by atoms with Crippen molar-refractivity contribution in [3.63, 3.8) is 0 Å². The number of hydrazone groups is 1. The first-order valence-electron chi connectivity index (χ1n) is 8.21. The maximum absolute atomic E-state index is 12.9. The molecule has 0 bridgehead atoms. The van der Waals surface area contributed by atoms with E-state index in [2.05, 4.69) is 5.10 Å². The standard InChI is InChI=1S/C18H20N2O5S2/c1-11(2)24-17(22)20(18(23)25-12(3)4)19-15(13-7-5-9-26-13)16(21)14-8-6-10-27-14/h5-12H,1-4H3/b19-15-. The molecule has 2 heterocycles. The molecule has 7 nitrogen and oxygen atoms in total. The van der Waals surface area contributed by atoms with Crippen molar-refractivity contribution in [2.75, 3.05) is 0 Å². The molecule has 2 amide bonds. The first-order valence-corrected chi connectivity index (χ1v) is 9.97. The highest BCUT2D eigenvalue weighted by molar-refractivity contribution is 7.15. The number of thiophene rings is 2. The van der Waals surface area contributed by atoms with Crippen LogP contribution in [0.4, 0.5) is 9.59 Å². The lowest BCUT2D eigenvalue weighted by atomic mass is 10.2. The Morgan fingerprint density at radius 2 is 1.37 bits per heavy atom. The smallest absolute Gasteiger partial charge is 0.440 e. The number of hydrogen-bond donors (Lipinski definition) is 0. The van der Waals surface area contributed by atoms with Gasteiger partial charge >= 0.3 is 12.2 Å². The highest BCUT2D eigenvalue weighted by atomic mass is 32.1. The fourth-order valence-electron chi connectivity index (χ4n) is 1.90. The van der Waals surface area contributed by atoms with Gasteiger partial charge in [0.1, 0.15) is 0 Å². The lowest BCUT2D eigenvalue weighted by molar-refractivity contribution is 0.0517. The molecule has 0 spiro atoms. The van der Waals surface area contributed by atoms with E-state index in [9.17, 15) is 14.4 Å². The van der Waals surface area contributed by atoms with Gasteiger partial charge in [-0.3, -0.25) is 4.79 Å². The third-order valence-corrected chi connectivity index (χ3v) is 4.68. The van der Waals surface area contributed by atoms with Gasteiger partial charge in [0.2, 0.25) is 5.78 Å². The molecule has 0 fully saturated rings. The highest BCUT2D eigenvalue weighted by Crippen LogP contribution is 2.19. The van der Waals surface area contributed by atoms with Crippen LogP contribution in [0.15, 0.2) is 40.1 Å². The van der Waals surface area contributed by atoms with Crippen molar-refractivity contribution < 1.29 is 23.9 Å². The molecule has 0 saturated carbocycles. The van der Waals surface area contributed by atoms with Gasteiger partial charge in [0.05, 0.1) is 22.0 Å². The van der Waals surface area contributed by atoms with Gasteiger partial charge in [0.25, 0.3) is 0 Å². The third-order valence-electron chi connectivity index (χ3n) is 2.93. The van der Waals surface area contributed by atoms with Gasteiger partial charge in [0, 0.05) is 0 Å². The Morgan fingerprint density at radius 1 is 0.889 bits per heavy atom. The minimum Gasteiger partial charge on any atom is -0.445 e. The number of carbonyl (C=O) groups excluding carboxylic acids is 3. The predicted octanol–water partition coefficient (Wildman–Crippen LogP) is 4.79. The van der Waals surface area contributed by atoms with Crippen molar-refractivity contribution in [1.82, 2.24) is 5.01 Å². The summed E-state index contributed by atoms with van der Waals surface area (Å²) in [4.78, 5) is 38.6. The van der Waals surface area contributed by atoms with Gasteiger partial charge in [0.15, 0.2) is 5.71 Å². The van der Waals surface area contributed by atoms with E-state index in [-0.39, 0.29) is 5.71 Å². The second-order valence-corrected chi connectivity index (χ2v) is 7.80. The molecule has 0 saturated heterocycles. The molecule has 144 valence electrons. The number of nitrogens with zero attached hydrogens (tertiary/aromatic N) is 2. The van der Waals surface area contributed by atoms with Gasteiger partial charge in [-0.2, -0.15) is 5.10 Å². The van der Waals surface area contributed by atoms with E-state index >= 15 is 0 Å². The van der Waals surface area contributed by atoms with Gasteiger partial charge in [-0.1, -0.05) is 17.1 Å². The number of carbonyl (C=O) groups is 3. The summed E-state index contributed by atoms with van der Waals surface area (Å²) in [5, 5.41) is 8.04.